The van der Waals surface area contributed by atoms with Crippen LogP contribution in [0, 0.1) is 5.82 Å². The maximum atomic E-state index is 14.0. The molecule has 0 saturated heterocycles. The molecule has 0 radical (unpaired) electrons. The fourth-order valence-corrected chi connectivity index (χ4v) is 1.95. The van der Waals surface area contributed by atoms with E-state index in [1.807, 2.05) is 13.8 Å². The van der Waals surface area contributed by atoms with Crippen LogP contribution in [0.25, 0.3) is 5.69 Å². The van der Waals surface area contributed by atoms with E-state index in [0.29, 0.717) is 11.3 Å². The van der Waals surface area contributed by atoms with Gasteiger partial charge in [-0.05, 0) is 18.1 Å². The molecule has 0 fully saturated rings. The molecule has 18 heavy (non-hydrogen) atoms. The van der Waals surface area contributed by atoms with Crippen LogP contribution >= 0.6 is 11.6 Å². The number of aromatic nitrogens is 3. The average Bonchev–Trinajstić information content (AvgIpc) is 2.80. The smallest absolute Gasteiger partial charge is 0.147 e. The molecule has 0 spiro atoms. The van der Waals surface area contributed by atoms with E-state index in [4.69, 9.17) is 11.6 Å². The summed E-state index contributed by atoms with van der Waals surface area (Å²) < 4.78 is 27.8. The van der Waals surface area contributed by atoms with Gasteiger partial charge in [-0.2, -0.15) is 0 Å². The third-order valence-electron chi connectivity index (χ3n) is 2.61. The summed E-state index contributed by atoms with van der Waals surface area (Å²) in [5, 5.41) is 7.50. The second kappa shape index (κ2) is 5.02. The average molecular weight is 272 g/mol. The minimum Gasteiger partial charge on any atom is -0.244 e. The molecule has 0 aliphatic rings. The molecule has 0 aliphatic heterocycles. The molecular formula is C12H12ClF2N3. The van der Waals surface area contributed by atoms with Crippen molar-refractivity contribution < 1.29 is 8.78 Å². The van der Waals surface area contributed by atoms with Crippen molar-refractivity contribution in [1.29, 1.82) is 0 Å². The van der Waals surface area contributed by atoms with E-state index >= 15 is 0 Å². The lowest BCUT2D eigenvalue weighted by Gasteiger charge is -2.14. The van der Waals surface area contributed by atoms with Crippen LogP contribution in [0.4, 0.5) is 8.78 Å². The largest absolute Gasteiger partial charge is 0.244 e. The maximum absolute atomic E-state index is 14.0. The third-order valence-corrected chi connectivity index (χ3v) is 2.90. The Morgan fingerprint density at radius 1 is 1.39 bits per heavy atom. The lowest BCUT2D eigenvalue weighted by Crippen LogP contribution is -2.05. The van der Waals surface area contributed by atoms with Crippen LogP contribution in [0.3, 0.4) is 0 Å². The molecule has 0 N–H and O–H groups in total. The minimum atomic E-state index is -0.701. The van der Waals surface area contributed by atoms with Crippen molar-refractivity contribution in [3.63, 3.8) is 0 Å². The highest BCUT2D eigenvalue weighted by Crippen LogP contribution is 2.30. The molecule has 2 aromatic rings. The van der Waals surface area contributed by atoms with E-state index < -0.39 is 12.5 Å². The molecule has 0 atom stereocenters. The lowest BCUT2D eigenvalue weighted by atomic mass is 10.0. The van der Waals surface area contributed by atoms with Gasteiger partial charge in [0, 0.05) is 5.56 Å². The van der Waals surface area contributed by atoms with Crippen molar-refractivity contribution in [2.45, 2.75) is 26.4 Å². The SMILES string of the molecule is CC(C)c1c(-n2cc(CF)nn2)ccc(Cl)c1F. The standard InChI is InChI=1S/C12H12ClF2N3/c1-7(2)11-10(4-3-9(13)12(11)15)18-6-8(5-14)16-17-18/h3-4,6-7H,5H2,1-2H3. The van der Waals surface area contributed by atoms with Gasteiger partial charge in [0.1, 0.15) is 18.2 Å². The molecule has 0 amide bonds. The van der Waals surface area contributed by atoms with Crippen molar-refractivity contribution in [1.82, 2.24) is 15.0 Å². The number of nitrogens with zero attached hydrogens (tertiary/aromatic N) is 3. The van der Waals surface area contributed by atoms with Gasteiger partial charge in [-0.1, -0.05) is 30.7 Å². The molecule has 3 nitrogen and oxygen atoms in total. The van der Waals surface area contributed by atoms with Gasteiger partial charge in [0.2, 0.25) is 0 Å². The van der Waals surface area contributed by atoms with Crippen molar-refractivity contribution in [2.24, 2.45) is 0 Å². The van der Waals surface area contributed by atoms with E-state index in [2.05, 4.69) is 10.3 Å². The second-order valence-electron chi connectivity index (χ2n) is 4.24. The molecule has 2 rings (SSSR count). The summed E-state index contributed by atoms with van der Waals surface area (Å²) in [7, 11) is 0. The normalized spacial score (nSPS) is 11.2. The lowest BCUT2D eigenvalue weighted by molar-refractivity contribution is 0.475. The third kappa shape index (κ3) is 2.22. The quantitative estimate of drug-likeness (QED) is 0.853. The van der Waals surface area contributed by atoms with Crippen LogP contribution in [0.5, 0.6) is 0 Å². The fourth-order valence-electron chi connectivity index (χ4n) is 1.78. The van der Waals surface area contributed by atoms with Crippen molar-refractivity contribution >= 4 is 11.6 Å². The number of alkyl halides is 1. The van der Waals surface area contributed by atoms with Gasteiger partial charge < -0.3 is 0 Å². The molecule has 6 heteroatoms. The Bertz CT molecular complexity index is 566. The molecule has 1 aromatic carbocycles. The topological polar surface area (TPSA) is 30.7 Å². The molecule has 0 bridgehead atoms. The first kappa shape index (κ1) is 13.0. The van der Waals surface area contributed by atoms with E-state index in [9.17, 15) is 8.78 Å². The summed E-state index contributed by atoms with van der Waals surface area (Å²) in [5.41, 5.74) is 1.18. The molecular weight excluding hydrogens is 260 g/mol. The first-order valence-corrected chi connectivity index (χ1v) is 5.87. The number of rotatable bonds is 3. The Balaban J connectivity index is 2.60. The van der Waals surface area contributed by atoms with Gasteiger partial charge in [-0.25, -0.2) is 13.5 Å². The first-order valence-electron chi connectivity index (χ1n) is 5.50. The molecule has 1 aromatic heterocycles. The monoisotopic (exact) mass is 271 g/mol. The summed E-state index contributed by atoms with van der Waals surface area (Å²) in [5.74, 6) is -0.543. The van der Waals surface area contributed by atoms with Crippen LogP contribution in [-0.4, -0.2) is 15.0 Å². The molecule has 0 unspecified atom stereocenters. The molecule has 0 aliphatic carbocycles. The highest BCUT2D eigenvalue weighted by Gasteiger charge is 2.17. The Morgan fingerprint density at radius 3 is 2.67 bits per heavy atom. The zero-order valence-corrected chi connectivity index (χ0v) is 10.7. The predicted octanol–water partition coefficient (Wildman–Crippen LogP) is 3.65. The van der Waals surface area contributed by atoms with Gasteiger partial charge in [0.05, 0.1) is 16.9 Å². The number of hydrogen-bond acceptors (Lipinski definition) is 2. The molecule has 96 valence electrons. The zero-order chi connectivity index (χ0) is 13.3. The van der Waals surface area contributed by atoms with Gasteiger partial charge in [0.25, 0.3) is 0 Å². The molecule has 0 saturated carbocycles. The first-order chi connectivity index (χ1) is 8.54. The van der Waals surface area contributed by atoms with Crippen molar-refractivity contribution in [3.8, 4) is 5.69 Å². The second-order valence-corrected chi connectivity index (χ2v) is 4.64. The summed E-state index contributed by atoms with van der Waals surface area (Å²) in [6, 6.07) is 3.10. The molecule has 1 heterocycles. The van der Waals surface area contributed by atoms with Crippen molar-refractivity contribution in [3.05, 3.63) is 40.4 Å². The van der Waals surface area contributed by atoms with Gasteiger partial charge >= 0.3 is 0 Å². The number of benzene rings is 1. The summed E-state index contributed by atoms with van der Waals surface area (Å²) >= 11 is 5.77. The summed E-state index contributed by atoms with van der Waals surface area (Å²) in [4.78, 5) is 0. The van der Waals surface area contributed by atoms with Gasteiger partial charge in [0.15, 0.2) is 0 Å². The highest BCUT2D eigenvalue weighted by molar-refractivity contribution is 6.30. The van der Waals surface area contributed by atoms with Crippen LogP contribution in [0.1, 0.15) is 31.0 Å². The van der Waals surface area contributed by atoms with Crippen LogP contribution < -0.4 is 0 Å². The zero-order valence-electron chi connectivity index (χ0n) is 9.99. The number of hydrogen-bond donors (Lipinski definition) is 0. The Hall–Kier alpha value is -1.49. The predicted molar refractivity (Wildman–Crippen MR) is 65.2 cm³/mol. The maximum Gasteiger partial charge on any atom is 0.147 e. The van der Waals surface area contributed by atoms with E-state index in [0.717, 1.165) is 0 Å². The Morgan fingerprint density at radius 2 is 2.11 bits per heavy atom. The van der Waals surface area contributed by atoms with E-state index in [1.54, 1.807) is 6.07 Å². The summed E-state index contributed by atoms with van der Waals surface area (Å²) in [6.45, 7) is 3.00. The summed E-state index contributed by atoms with van der Waals surface area (Å²) in [6.07, 6.45) is 1.44. The van der Waals surface area contributed by atoms with Gasteiger partial charge in [-0.15, -0.1) is 5.10 Å². The van der Waals surface area contributed by atoms with Crippen molar-refractivity contribution in [2.75, 3.05) is 0 Å². The Labute approximate surface area is 108 Å². The highest BCUT2D eigenvalue weighted by atomic mass is 35.5. The van der Waals surface area contributed by atoms with Gasteiger partial charge in [-0.3, -0.25) is 0 Å². The van der Waals surface area contributed by atoms with E-state index in [1.165, 1.54) is 16.9 Å². The van der Waals surface area contributed by atoms with E-state index in [-0.39, 0.29) is 16.6 Å². The van der Waals surface area contributed by atoms with Crippen LogP contribution in [0.2, 0.25) is 5.02 Å². The van der Waals surface area contributed by atoms with Crippen LogP contribution in [-0.2, 0) is 6.67 Å². The minimum absolute atomic E-state index is 0.0632. The van der Waals surface area contributed by atoms with Crippen LogP contribution in [0.15, 0.2) is 18.3 Å². The Kier molecular flexibility index (Phi) is 3.61. The number of halogens is 3. The fraction of sp³-hybridized carbons (Fsp3) is 0.333.